The molecule has 4 nitrogen and oxygen atoms in total. The number of hydrogen-bond donors (Lipinski definition) is 1. The van der Waals surface area contributed by atoms with Gasteiger partial charge in [-0.05, 0) is 42.2 Å². The largest absolute Gasteiger partial charge is 0.389 e. The molecule has 142 valence electrons. The van der Waals surface area contributed by atoms with Gasteiger partial charge in [-0.2, -0.15) is 0 Å². The van der Waals surface area contributed by atoms with Gasteiger partial charge in [0.2, 0.25) is 0 Å². The van der Waals surface area contributed by atoms with Crippen LogP contribution in [0.15, 0.2) is 35.6 Å². The van der Waals surface area contributed by atoms with Gasteiger partial charge < -0.3 is 10.3 Å². The number of rotatable bonds is 3. The van der Waals surface area contributed by atoms with Crippen LogP contribution in [0, 0.1) is 5.82 Å². The molecule has 1 saturated carbocycles. The van der Waals surface area contributed by atoms with E-state index in [1.807, 2.05) is 18.5 Å². The lowest BCUT2D eigenvalue weighted by molar-refractivity contribution is 0.359. The number of thiocarbonyl (C=S) groups is 1. The highest BCUT2D eigenvalue weighted by atomic mass is 32.1. The van der Waals surface area contributed by atoms with Crippen LogP contribution < -0.4 is 5.73 Å². The number of hydrogen-bond acceptors (Lipinski definition) is 3. The molecule has 28 heavy (non-hydrogen) atoms. The summed E-state index contributed by atoms with van der Waals surface area (Å²) >= 11 is 5.05. The summed E-state index contributed by atoms with van der Waals surface area (Å²) in [7, 11) is 0. The van der Waals surface area contributed by atoms with E-state index in [1.165, 1.54) is 38.2 Å². The van der Waals surface area contributed by atoms with Crippen LogP contribution in [0.5, 0.6) is 0 Å². The zero-order valence-electron chi connectivity index (χ0n) is 15.5. The highest BCUT2D eigenvalue weighted by Gasteiger charge is 2.23. The molecule has 0 unspecified atom stereocenters. The molecule has 0 amide bonds. The molecule has 0 spiro atoms. The lowest BCUT2D eigenvalue weighted by atomic mass is 9.94. The molecule has 0 bridgehead atoms. The SMILES string of the molecule is NC(=S)c1c(F)cc(-c2ccc3c(c2)ncn3C2CCCCC2)c2c1CC=N2. The number of nitrogens with zero attached hydrogens (tertiary/aromatic N) is 3. The molecule has 1 aliphatic heterocycles. The first-order valence-corrected chi connectivity index (χ1v) is 10.2. The Labute approximate surface area is 168 Å². The van der Waals surface area contributed by atoms with Gasteiger partial charge in [0.25, 0.3) is 0 Å². The van der Waals surface area contributed by atoms with Crippen LogP contribution in [0.2, 0.25) is 0 Å². The Morgan fingerprint density at radius 2 is 2.00 bits per heavy atom. The Morgan fingerprint density at radius 1 is 1.18 bits per heavy atom. The Bertz CT molecular complexity index is 1130. The summed E-state index contributed by atoms with van der Waals surface area (Å²) in [6.45, 7) is 0. The molecule has 0 saturated heterocycles. The standard InChI is InChI=1S/C22H21FN4S/c23-17-11-16(21-15(8-9-25-21)20(17)22(24)28)13-6-7-19-18(10-13)26-12-27(19)14-4-2-1-3-5-14/h6-7,9-12,14H,1-5,8H2,(H2,24,28). The lowest BCUT2D eigenvalue weighted by Crippen LogP contribution is -2.14. The van der Waals surface area contributed by atoms with Gasteiger partial charge in [-0.1, -0.05) is 37.5 Å². The van der Waals surface area contributed by atoms with Crippen molar-refractivity contribution in [1.29, 1.82) is 0 Å². The van der Waals surface area contributed by atoms with Crippen molar-refractivity contribution in [1.82, 2.24) is 9.55 Å². The smallest absolute Gasteiger partial charge is 0.134 e. The highest BCUT2D eigenvalue weighted by Crippen LogP contribution is 2.40. The van der Waals surface area contributed by atoms with Crippen molar-refractivity contribution in [2.45, 2.75) is 44.6 Å². The predicted octanol–water partition coefficient (Wildman–Crippen LogP) is 5.24. The minimum Gasteiger partial charge on any atom is -0.389 e. The van der Waals surface area contributed by atoms with Gasteiger partial charge in [-0.3, -0.25) is 4.99 Å². The third-order valence-electron chi connectivity index (χ3n) is 5.97. The molecule has 3 aromatic rings. The maximum atomic E-state index is 14.8. The third-order valence-corrected chi connectivity index (χ3v) is 6.17. The second-order valence-corrected chi connectivity index (χ2v) is 8.08. The van der Waals surface area contributed by atoms with Crippen molar-refractivity contribution in [3.63, 3.8) is 0 Å². The van der Waals surface area contributed by atoms with E-state index in [-0.39, 0.29) is 10.8 Å². The van der Waals surface area contributed by atoms with Crippen LogP contribution >= 0.6 is 12.2 Å². The maximum Gasteiger partial charge on any atom is 0.134 e. The van der Waals surface area contributed by atoms with Gasteiger partial charge in [0.15, 0.2) is 0 Å². The van der Waals surface area contributed by atoms with E-state index in [0.29, 0.717) is 18.0 Å². The molecular formula is C22H21FN4S. The molecule has 1 aromatic heterocycles. The van der Waals surface area contributed by atoms with Gasteiger partial charge in [0.1, 0.15) is 10.8 Å². The number of nitrogens with two attached hydrogens (primary N) is 1. The summed E-state index contributed by atoms with van der Waals surface area (Å²) in [5, 5.41) is 0. The quantitative estimate of drug-likeness (QED) is 0.620. The van der Waals surface area contributed by atoms with Crippen molar-refractivity contribution in [2.24, 2.45) is 10.7 Å². The van der Waals surface area contributed by atoms with E-state index < -0.39 is 0 Å². The molecule has 2 heterocycles. The van der Waals surface area contributed by atoms with Crippen molar-refractivity contribution in [2.75, 3.05) is 0 Å². The molecule has 2 aliphatic rings. The van der Waals surface area contributed by atoms with E-state index in [0.717, 1.165) is 33.4 Å². The highest BCUT2D eigenvalue weighted by molar-refractivity contribution is 7.80. The van der Waals surface area contributed by atoms with Crippen LogP contribution in [-0.2, 0) is 6.42 Å². The number of fused-ring (bicyclic) bond motifs is 2. The molecular weight excluding hydrogens is 371 g/mol. The molecule has 5 rings (SSSR count). The molecule has 6 heteroatoms. The molecule has 1 aliphatic carbocycles. The summed E-state index contributed by atoms with van der Waals surface area (Å²) in [6.07, 6.45) is 10.6. The van der Waals surface area contributed by atoms with Gasteiger partial charge in [0.05, 0.1) is 28.6 Å². The Balaban J connectivity index is 1.61. The summed E-state index contributed by atoms with van der Waals surface area (Å²) in [4.78, 5) is 9.19. The van der Waals surface area contributed by atoms with Crippen molar-refractivity contribution in [3.05, 3.63) is 47.5 Å². The molecule has 0 atom stereocenters. The average Bonchev–Trinajstić information content (AvgIpc) is 3.34. The van der Waals surface area contributed by atoms with Crippen molar-refractivity contribution in [3.8, 4) is 11.1 Å². The number of halogens is 1. The van der Waals surface area contributed by atoms with Crippen LogP contribution in [0.3, 0.4) is 0 Å². The van der Waals surface area contributed by atoms with Gasteiger partial charge >= 0.3 is 0 Å². The average molecular weight is 393 g/mol. The van der Waals surface area contributed by atoms with Crippen LogP contribution in [0.25, 0.3) is 22.2 Å². The maximum absolute atomic E-state index is 14.8. The van der Waals surface area contributed by atoms with E-state index in [4.69, 9.17) is 18.0 Å². The molecule has 1 fully saturated rings. The minimum atomic E-state index is -0.389. The van der Waals surface area contributed by atoms with E-state index in [1.54, 1.807) is 6.21 Å². The first-order chi connectivity index (χ1) is 13.6. The molecule has 2 aromatic carbocycles. The Morgan fingerprint density at radius 3 is 2.79 bits per heavy atom. The zero-order valence-corrected chi connectivity index (χ0v) is 16.3. The normalized spacial score (nSPS) is 16.6. The minimum absolute atomic E-state index is 0.0764. The Kier molecular flexibility index (Phi) is 4.23. The fourth-order valence-electron chi connectivity index (χ4n) is 4.60. The third kappa shape index (κ3) is 2.75. The van der Waals surface area contributed by atoms with Crippen molar-refractivity contribution >= 4 is 40.1 Å². The van der Waals surface area contributed by atoms with Crippen LogP contribution in [-0.4, -0.2) is 20.8 Å². The second kappa shape index (κ2) is 6.78. The lowest BCUT2D eigenvalue weighted by Gasteiger charge is -2.23. The first kappa shape index (κ1) is 17.5. The van der Waals surface area contributed by atoms with E-state index in [9.17, 15) is 4.39 Å². The summed E-state index contributed by atoms with van der Waals surface area (Å²) in [6, 6.07) is 8.18. The van der Waals surface area contributed by atoms with E-state index in [2.05, 4.69) is 20.6 Å². The van der Waals surface area contributed by atoms with Crippen LogP contribution in [0.4, 0.5) is 10.1 Å². The summed E-state index contributed by atoms with van der Waals surface area (Å²) in [5.41, 5.74) is 11.3. The molecule has 0 radical (unpaired) electrons. The second-order valence-electron chi connectivity index (χ2n) is 7.64. The number of aromatic nitrogens is 2. The monoisotopic (exact) mass is 392 g/mol. The zero-order chi connectivity index (χ0) is 19.3. The fraction of sp³-hybridized carbons (Fsp3) is 0.318. The fourth-order valence-corrected chi connectivity index (χ4v) is 4.82. The Hall–Kier alpha value is -2.60. The predicted molar refractivity (Wildman–Crippen MR) is 115 cm³/mol. The number of imidazole rings is 1. The van der Waals surface area contributed by atoms with Gasteiger partial charge in [-0.15, -0.1) is 0 Å². The van der Waals surface area contributed by atoms with Crippen molar-refractivity contribution < 1.29 is 4.39 Å². The first-order valence-electron chi connectivity index (χ1n) is 9.78. The topological polar surface area (TPSA) is 56.2 Å². The summed E-state index contributed by atoms with van der Waals surface area (Å²) in [5.74, 6) is -0.389. The summed E-state index contributed by atoms with van der Waals surface area (Å²) < 4.78 is 17.1. The van der Waals surface area contributed by atoms with E-state index >= 15 is 0 Å². The number of benzene rings is 2. The van der Waals surface area contributed by atoms with Crippen LogP contribution in [0.1, 0.15) is 49.3 Å². The van der Waals surface area contributed by atoms with Gasteiger partial charge in [-0.25, -0.2) is 9.37 Å². The number of aliphatic imine (C=N–C) groups is 1. The molecule has 2 N–H and O–H groups in total. The van der Waals surface area contributed by atoms with Gasteiger partial charge in [0, 0.05) is 24.2 Å².